The van der Waals surface area contributed by atoms with Gasteiger partial charge in [-0.05, 0) is 43.0 Å². The van der Waals surface area contributed by atoms with E-state index >= 15 is 0 Å². The third-order valence-corrected chi connectivity index (χ3v) is 3.12. The lowest BCUT2D eigenvalue weighted by Crippen LogP contribution is -2.04. The van der Waals surface area contributed by atoms with E-state index in [0.29, 0.717) is 22.3 Å². The second-order valence-electron chi connectivity index (χ2n) is 3.63. The number of hydrogen-bond acceptors (Lipinski definition) is 6. The summed E-state index contributed by atoms with van der Waals surface area (Å²) in [5.41, 5.74) is 0.363. The van der Waals surface area contributed by atoms with Gasteiger partial charge in [0.15, 0.2) is 5.09 Å². The molecule has 0 aliphatic carbocycles. The van der Waals surface area contributed by atoms with Crippen molar-refractivity contribution in [2.75, 3.05) is 6.61 Å². The molecule has 104 valence electrons. The minimum absolute atomic E-state index is 0.129. The summed E-state index contributed by atoms with van der Waals surface area (Å²) in [4.78, 5) is 26.2. The fourth-order valence-electron chi connectivity index (χ4n) is 1.37. The van der Waals surface area contributed by atoms with Crippen molar-refractivity contribution in [3.8, 4) is 0 Å². The van der Waals surface area contributed by atoms with Crippen LogP contribution in [0.5, 0.6) is 0 Å². The van der Waals surface area contributed by atoms with Gasteiger partial charge in [0.2, 0.25) is 5.76 Å². The normalized spacial score (nSPS) is 10.2. The molecule has 0 amide bonds. The van der Waals surface area contributed by atoms with Crippen LogP contribution in [0.1, 0.15) is 27.8 Å². The number of pyridine rings is 1. The van der Waals surface area contributed by atoms with Gasteiger partial charge in [-0.1, -0.05) is 0 Å². The molecule has 0 spiro atoms. The fourth-order valence-corrected chi connectivity index (χ4v) is 2.08. The third kappa shape index (κ3) is 3.39. The van der Waals surface area contributed by atoms with Crippen molar-refractivity contribution in [1.29, 1.82) is 0 Å². The van der Waals surface area contributed by atoms with E-state index in [-0.39, 0.29) is 5.76 Å². The molecule has 0 atom stereocenters. The molecule has 2 aromatic rings. The third-order valence-electron chi connectivity index (χ3n) is 2.24. The lowest BCUT2D eigenvalue weighted by molar-refractivity contribution is 0.0525. The molecule has 0 saturated heterocycles. The number of carbonyl (C=O) groups excluding carboxylic acids is 1. The highest BCUT2D eigenvalue weighted by molar-refractivity contribution is 7.99. The first-order valence-electron chi connectivity index (χ1n) is 5.74. The van der Waals surface area contributed by atoms with Crippen LogP contribution in [0.15, 0.2) is 45.0 Å². The Labute approximate surface area is 118 Å². The summed E-state index contributed by atoms with van der Waals surface area (Å²) in [5.74, 6) is -1.68. The number of rotatable bonds is 5. The Bertz CT molecular complexity index is 620. The molecule has 2 rings (SSSR count). The minimum atomic E-state index is -1.12. The first kappa shape index (κ1) is 14.1. The molecule has 0 radical (unpaired) electrons. The average molecular weight is 293 g/mol. The van der Waals surface area contributed by atoms with E-state index in [1.165, 1.54) is 24.0 Å². The average Bonchev–Trinajstić information content (AvgIpc) is 2.88. The van der Waals surface area contributed by atoms with E-state index < -0.39 is 11.9 Å². The quantitative estimate of drug-likeness (QED) is 0.847. The number of carboxylic acids is 1. The van der Waals surface area contributed by atoms with Crippen LogP contribution in [0.2, 0.25) is 0 Å². The van der Waals surface area contributed by atoms with Gasteiger partial charge in [-0.2, -0.15) is 0 Å². The van der Waals surface area contributed by atoms with Gasteiger partial charge in [-0.25, -0.2) is 14.6 Å². The van der Waals surface area contributed by atoms with E-state index in [9.17, 15) is 9.59 Å². The van der Waals surface area contributed by atoms with Crippen molar-refractivity contribution in [1.82, 2.24) is 4.98 Å². The van der Waals surface area contributed by atoms with E-state index in [4.69, 9.17) is 14.3 Å². The molecule has 0 saturated carbocycles. The Morgan fingerprint density at radius 1 is 1.35 bits per heavy atom. The highest BCUT2D eigenvalue weighted by atomic mass is 32.2. The molecule has 0 aliphatic rings. The van der Waals surface area contributed by atoms with Gasteiger partial charge in [0.25, 0.3) is 0 Å². The van der Waals surface area contributed by atoms with Crippen LogP contribution < -0.4 is 0 Å². The summed E-state index contributed by atoms with van der Waals surface area (Å²) in [6.45, 7) is 2.03. The van der Waals surface area contributed by atoms with Gasteiger partial charge in [0.1, 0.15) is 5.03 Å². The Balaban J connectivity index is 2.06. The molecule has 1 N–H and O–H groups in total. The fraction of sp³-hybridized carbons (Fsp3) is 0.154. The van der Waals surface area contributed by atoms with Gasteiger partial charge < -0.3 is 14.3 Å². The summed E-state index contributed by atoms with van der Waals surface area (Å²) in [7, 11) is 0. The second-order valence-corrected chi connectivity index (χ2v) is 4.66. The largest absolute Gasteiger partial charge is 0.475 e. The number of nitrogens with zero attached hydrogens (tertiary/aromatic N) is 1. The summed E-state index contributed by atoms with van der Waals surface area (Å²) >= 11 is 1.17. The van der Waals surface area contributed by atoms with Crippen LogP contribution in [0.25, 0.3) is 0 Å². The number of aromatic carboxylic acids is 1. The van der Waals surface area contributed by atoms with Crippen LogP contribution in [-0.4, -0.2) is 28.6 Å². The van der Waals surface area contributed by atoms with Gasteiger partial charge in [0, 0.05) is 6.20 Å². The lowest BCUT2D eigenvalue weighted by atomic mass is 10.3. The van der Waals surface area contributed by atoms with Crippen molar-refractivity contribution < 1.29 is 23.8 Å². The standard InChI is InChI=1S/C13H11NO5S/c1-2-18-13(17)8-3-5-10(14-7-8)20-11-6-4-9(19-11)12(15)16/h3-7H,2H2,1H3,(H,15,16). The number of esters is 1. The summed E-state index contributed by atoms with van der Waals surface area (Å²) in [6.07, 6.45) is 1.40. The molecule has 7 heteroatoms. The SMILES string of the molecule is CCOC(=O)c1ccc(Sc2ccc(C(=O)O)o2)nc1. The summed E-state index contributed by atoms with van der Waals surface area (Å²) in [5, 5.41) is 9.75. The Hall–Kier alpha value is -2.28. The molecule has 6 nitrogen and oxygen atoms in total. The van der Waals surface area contributed by atoms with E-state index in [0.717, 1.165) is 0 Å². The van der Waals surface area contributed by atoms with Crippen LogP contribution in [0, 0.1) is 0 Å². The second kappa shape index (κ2) is 6.25. The molecule has 0 aromatic carbocycles. The van der Waals surface area contributed by atoms with Crippen molar-refractivity contribution in [3.63, 3.8) is 0 Å². The predicted molar refractivity (Wildman–Crippen MR) is 70.0 cm³/mol. The first-order valence-corrected chi connectivity index (χ1v) is 6.56. The van der Waals surface area contributed by atoms with Crippen LogP contribution in [0.4, 0.5) is 0 Å². The molecular weight excluding hydrogens is 282 g/mol. The zero-order valence-corrected chi connectivity index (χ0v) is 11.3. The molecule has 0 aliphatic heterocycles. The highest BCUT2D eigenvalue weighted by Crippen LogP contribution is 2.27. The number of carbonyl (C=O) groups is 2. The predicted octanol–water partition coefficient (Wildman–Crippen LogP) is 2.70. The van der Waals surface area contributed by atoms with Crippen LogP contribution in [0.3, 0.4) is 0 Å². The Morgan fingerprint density at radius 3 is 2.70 bits per heavy atom. The van der Waals surface area contributed by atoms with Gasteiger partial charge in [0.05, 0.1) is 12.2 Å². The molecular formula is C13H11NO5S. The number of furan rings is 1. The van der Waals surface area contributed by atoms with Crippen molar-refractivity contribution >= 4 is 23.7 Å². The first-order chi connectivity index (χ1) is 9.60. The monoisotopic (exact) mass is 293 g/mol. The Kier molecular flexibility index (Phi) is 4.41. The number of ether oxygens (including phenoxy) is 1. The van der Waals surface area contributed by atoms with Crippen molar-refractivity contribution in [3.05, 3.63) is 41.8 Å². The maximum absolute atomic E-state index is 11.4. The summed E-state index contributed by atoms with van der Waals surface area (Å²) < 4.78 is 9.94. The van der Waals surface area contributed by atoms with E-state index in [2.05, 4.69) is 4.98 Å². The van der Waals surface area contributed by atoms with E-state index in [1.54, 1.807) is 25.1 Å². The van der Waals surface area contributed by atoms with Crippen LogP contribution >= 0.6 is 11.8 Å². The number of carboxylic acid groups (broad SMARTS) is 1. The van der Waals surface area contributed by atoms with Gasteiger partial charge in [-0.3, -0.25) is 0 Å². The highest BCUT2D eigenvalue weighted by Gasteiger charge is 2.11. The lowest BCUT2D eigenvalue weighted by Gasteiger charge is -2.02. The maximum Gasteiger partial charge on any atom is 0.371 e. The molecule has 2 heterocycles. The van der Waals surface area contributed by atoms with Gasteiger partial charge in [-0.15, -0.1) is 0 Å². The van der Waals surface area contributed by atoms with Gasteiger partial charge >= 0.3 is 11.9 Å². The van der Waals surface area contributed by atoms with Crippen molar-refractivity contribution in [2.45, 2.75) is 17.0 Å². The van der Waals surface area contributed by atoms with Crippen LogP contribution in [-0.2, 0) is 4.74 Å². The molecule has 2 aromatic heterocycles. The number of hydrogen-bond donors (Lipinski definition) is 1. The Morgan fingerprint density at radius 2 is 2.15 bits per heavy atom. The molecule has 20 heavy (non-hydrogen) atoms. The topological polar surface area (TPSA) is 89.6 Å². The van der Waals surface area contributed by atoms with E-state index in [1.807, 2.05) is 0 Å². The molecule has 0 bridgehead atoms. The number of aromatic nitrogens is 1. The molecule has 0 fully saturated rings. The zero-order chi connectivity index (χ0) is 14.5. The minimum Gasteiger partial charge on any atom is -0.475 e. The zero-order valence-electron chi connectivity index (χ0n) is 10.5. The summed E-state index contributed by atoms with van der Waals surface area (Å²) in [6, 6.07) is 6.15. The smallest absolute Gasteiger partial charge is 0.371 e. The molecule has 0 unspecified atom stereocenters. The van der Waals surface area contributed by atoms with Crippen molar-refractivity contribution in [2.24, 2.45) is 0 Å². The maximum atomic E-state index is 11.4.